The van der Waals surface area contributed by atoms with Gasteiger partial charge in [-0.3, -0.25) is 4.79 Å². The van der Waals surface area contributed by atoms with E-state index in [0.717, 1.165) is 5.56 Å². The van der Waals surface area contributed by atoms with E-state index in [0.29, 0.717) is 16.3 Å². The maximum absolute atomic E-state index is 11.0. The minimum absolute atomic E-state index is 0.191. The number of nitrogens with zero attached hydrogens (tertiary/aromatic N) is 1. The largest absolute Gasteiger partial charge is 0.481 e. The van der Waals surface area contributed by atoms with Gasteiger partial charge in [-0.15, -0.1) is 0 Å². The van der Waals surface area contributed by atoms with Crippen molar-refractivity contribution in [3.8, 4) is 0 Å². The standard InChI is InChI=1S/C13H14ClNO3/c1-7-9(4-5-11(15-3)12(7)14)6-10(8(2)16)13(17)18/h4-5,8,10,16H,6H2,1-2H3,(H,17,18)/t8-,10?/m1/s1. The molecule has 0 aliphatic heterocycles. The van der Waals surface area contributed by atoms with Gasteiger partial charge in [0, 0.05) is 0 Å². The number of hydrogen-bond acceptors (Lipinski definition) is 2. The van der Waals surface area contributed by atoms with E-state index < -0.39 is 18.0 Å². The van der Waals surface area contributed by atoms with Gasteiger partial charge in [0.25, 0.3) is 0 Å². The van der Waals surface area contributed by atoms with Gasteiger partial charge < -0.3 is 10.2 Å². The quantitative estimate of drug-likeness (QED) is 0.825. The normalized spacial score (nSPS) is 13.7. The van der Waals surface area contributed by atoms with E-state index in [1.165, 1.54) is 6.92 Å². The van der Waals surface area contributed by atoms with Gasteiger partial charge in [0.2, 0.25) is 5.69 Å². The molecule has 0 saturated carbocycles. The van der Waals surface area contributed by atoms with Crippen molar-refractivity contribution in [1.29, 1.82) is 0 Å². The molecule has 0 aliphatic carbocycles. The molecule has 0 amide bonds. The van der Waals surface area contributed by atoms with Crippen LogP contribution >= 0.6 is 11.6 Å². The molecule has 0 heterocycles. The molecule has 96 valence electrons. The SMILES string of the molecule is [C-]#[N+]c1ccc(CC(C(=O)O)[C@@H](C)O)c(C)c1Cl. The molecule has 0 aromatic heterocycles. The van der Waals surface area contributed by atoms with Crippen LogP contribution in [-0.4, -0.2) is 22.3 Å². The van der Waals surface area contributed by atoms with Crippen LogP contribution in [0.3, 0.4) is 0 Å². The van der Waals surface area contributed by atoms with E-state index in [1.807, 2.05) is 0 Å². The van der Waals surface area contributed by atoms with Crippen molar-refractivity contribution in [2.45, 2.75) is 26.4 Å². The fourth-order valence-electron chi connectivity index (χ4n) is 1.72. The lowest BCUT2D eigenvalue weighted by Gasteiger charge is -2.17. The predicted molar refractivity (Wildman–Crippen MR) is 69.0 cm³/mol. The summed E-state index contributed by atoms with van der Waals surface area (Å²) < 4.78 is 0. The van der Waals surface area contributed by atoms with Crippen LogP contribution in [-0.2, 0) is 11.2 Å². The van der Waals surface area contributed by atoms with Crippen LogP contribution in [0.5, 0.6) is 0 Å². The molecule has 0 fully saturated rings. The number of benzene rings is 1. The Bertz CT molecular complexity index is 506. The van der Waals surface area contributed by atoms with E-state index >= 15 is 0 Å². The highest BCUT2D eigenvalue weighted by atomic mass is 35.5. The Morgan fingerprint density at radius 3 is 2.61 bits per heavy atom. The van der Waals surface area contributed by atoms with Crippen molar-refractivity contribution in [3.63, 3.8) is 0 Å². The lowest BCUT2D eigenvalue weighted by Crippen LogP contribution is -2.27. The fourth-order valence-corrected chi connectivity index (χ4v) is 1.95. The number of aliphatic hydroxyl groups is 1. The van der Waals surface area contributed by atoms with Gasteiger partial charge in [-0.1, -0.05) is 23.7 Å². The van der Waals surface area contributed by atoms with Crippen molar-refractivity contribution < 1.29 is 15.0 Å². The summed E-state index contributed by atoms with van der Waals surface area (Å²) in [5.41, 5.74) is 1.78. The second-order valence-electron chi connectivity index (χ2n) is 4.18. The Labute approximate surface area is 111 Å². The minimum Gasteiger partial charge on any atom is -0.481 e. The monoisotopic (exact) mass is 267 g/mol. The first-order valence-electron chi connectivity index (χ1n) is 5.44. The molecule has 1 aromatic rings. The number of hydrogen-bond donors (Lipinski definition) is 2. The molecular formula is C13H14ClNO3. The summed E-state index contributed by atoms with van der Waals surface area (Å²) in [4.78, 5) is 14.3. The molecule has 0 saturated heterocycles. The molecule has 5 heteroatoms. The molecule has 2 atom stereocenters. The van der Waals surface area contributed by atoms with E-state index in [9.17, 15) is 9.90 Å². The summed E-state index contributed by atoms with van der Waals surface area (Å²) in [7, 11) is 0. The highest BCUT2D eigenvalue weighted by molar-refractivity contribution is 6.34. The highest BCUT2D eigenvalue weighted by Crippen LogP contribution is 2.31. The summed E-state index contributed by atoms with van der Waals surface area (Å²) >= 11 is 6.02. The number of halogens is 1. The van der Waals surface area contributed by atoms with Gasteiger partial charge >= 0.3 is 5.97 Å². The van der Waals surface area contributed by atoms with Gasteiger partial charge in [0.15, 0.2) is 0 Å². The Hall–Kier alpha value is -1.57. The average molecular weight is 268 g/mol. The summed E-state index contributed by atoms with van der Waals surface area (Å²) in [5.74, 6) is -1.92. The maximum Gasteiger partial charge on any atom is 0.309 e. The van der Waals surface area contributed by atoms with Crippen molar-refractivity contribution >= 4 is 23.3 Å². The smallest absolute Gasteiger partial charge is 0.309 e. The van der Waals surface area contributed by atoms with Crippen molar-refractivity contribution in [3.05, 3.63) is 39.7 Å². The number of rotatable bonds is 4. The predicted octanol–water partition coefficient (Wildman–Crippen LogP) is 2.82. The summed E-state index contributed by atoms with van der Waals surface area (Å²) in [6.07, 6.45) is -0.752. The Morgan fingerprint density at radius 1 is 1.56 bits per heavy atom. The Kier molecular flexibility index (Phi) is 4.71. The zero-order valence-electron chi connectivity index (χ0n) is 10.1. The molecule has 18 heavy (non-hydrogen) atoms. The lowest BCUT2D eigenvalue weighted by molar-refractivity contribution is -0.145. The zero-order chi connectivity index (χ0) is 13.9. The van der Waals surface area contributed by atoms with Crippen molar-refractivity contribution in [2.75, 3.05) is 0 Å². The first kappa shape index (κ1) is 14.5. The second-order valence-corrected chi connectivity index (χ2v) is 4.56. The van der Waals surface area contributed by atoms with Crippen LogP contribution in [0.1, 0.15) is 18.1 Å². The highest BCUT2D eigenvalue weighted by Gasteiger charge is 2.24. The summed E-state index contributed by atoms with van der Waals surface area (Å²) in [6, 6.07) is 3.26. The minimum atomic E-state index is -1.05. The third-order valence-corrected chi connectivity index (χ3v) is 3.42. The first-order chi connectivity index (χ1) is 8.38. The van der Waals surface area contributed by atoms with E-state index in [1.54, 1.807) is 19.1 Å². The molecular weight excluding hydrogens is 254 g/mol. The van der Waals surface area contributed by atoms with Crippen LogP contribution in [0, 0.1) is 19.4 Å². The fraction of sp³-hybridized carbons (Fsp3) is 0.385. The molecule has 1 aromatic carbocycles. The van der Waals surface area contributed by atoms with Gasteiger partial charge in [-0.25, -0.2) is 4.85 Å². The second kappa shape index (κ2) is 5.85. The Morgan fingerprint density at radius 2 is 2.17 bits per heavy atom. The zero-order valence-corrected chi connectivity index (χ0v) is 10.9. The molecule has 0 spiro atoms. The van der Waals surface area contributed by atoms with Crippen LogP contribution in [0.4, 0.5) is 5.69 Å². The number of carboxylic acid groups (broad SMARTS) is 1. The average Bonchev–Trinajstić information content (AvgIpc) is 2.30. The van der Waals surface area contributed by atoms with Crippen molar-refractivity contribution in [2.24, 2.45) is 5.92 Å². The molecule has 0 bridgehead atoms. The molecule has 1 unspecified atom stereocenters. The van der Waals surface area contributed by atoms with Gasteiger partial charge in [-0.2, -0.15) is 0 Å². The maximum atomic E-state index is 11.0. The van der Waals surface area contributed by atoms with Gasteiger partial charge in [0.1, 0.15) is 0 Å². The lowest BCUT2D eigenvalue weighted by atomic mass is 9.92. The van der Waals surface area contributed by atoms with E-state index in [4.69, 9.17) is 23.3 Å². The van der Waals surface area contributed by atoms with Crippen LogP contribution in [0.2, 0.25) is 5.02 Å². The van der Waals surface area contributed by atoms with Gasteiger partial charge in [-0.05, 0) is 31.4 Å². The summed E-state index contributed by atoms with van der Waals surface area (Å²) in [6.45, 7) is 10.1. The number of aliphatic carboxylic acids is 1. The topological polar surface area (TPSA) is 61.9 Å². The number of carboxylic acids is 1. The molecule has 0 radical (unpaired) electrons. The van der Waals surface area contributed by atoms with E-state index in [2.05, 4.69) is 4.85 Å². The number of carbonyl (C=O) groups is 1. The van der Waals surface area contributed by atoms with Crippen LogP contribution < -0.4 is 0 Å². The molecule has 1 rings (SSSR count). The third kappa shape index (κ3) is 3.00. The third-order valence-electron chi connectivity index (χ3n) is 2.94. The molecule has 0 aliphatic rings. The molecule has 2 N–H and O–H groups in total. The van der Waals surface area contributed by atoms with Crippen LogP contribution in [0.15, 0.2) is 12.1 Å². The summed E-state index contributed by atoms with van der Waals surface area (Å²) in [5, 5.41) is 18.8. The van der Waals surface area contributed by atoms with Crippen molar-refractivity contribution in [1.82, 2.24) is 0 Å². The Balaban J connectivity index is 3.09. The number of aliphatic hydroxyl groups excluding tert-OH is 1. The van der Waals surface area contributed by atoms with Gasteiger partial charge in [0.05, 0.1) is 23.6 Å². The first-order valence-corrected chi connectivity index (χ1v) is 5.82. The van der Waals surface area contributed by atoms with Crippen LogP contribution in [0.25, 0.3) is 4.85 Å². The molecule has 4 nitrogen and oxygen atoms in total. The van der Waals surface area contributed by atoms with E-state index in [-0.39, 0.29) is 6.42 Å².